The summed E-state index contributed by atoms with van der Waals surface area (Å²) in [6.45, 7) is 3.61. The lowest BCUT2D eigenvalue weighted by Gasteiger charge is -2.10. The molecular formula is C6H7Br3O2. The quantitative estimate of drug-likeness (QED) is 0.444. The zero-order chi connectivity index (χ0) is 8.91. The Bertz CT molecular complexity index is 150. The van der Waals surface area contributed by atoms with Crippen molar-refractivity contribution in [3.05, 3.63) is 12.7 Å². The van der Waals surface area contributed by atoms with Crippen LogP contribution in [0.5, 0.6) is 0 Å². The maximum atomic E-state index is 10.5. The average molecular weight is 351 g/mol. The van der Waals surface area contributed by atoms with E-state index in [1.54, 1.807) is 0 Å². The molecule has 0 aliphatic carbocycles. The number of ether oxygens (including phenoxy) is 1. The summed E-state index contributed by atoms with van der Waals surface area (Å²) in [5.41, 5.74) is 0. The Morgan fingerprint density at radius 2 is 2.09 bits per heavy atom. The number of alkyl halides is 3. The number of halogens is 3. The standard InChI is InChI=1S/C6H7Br3O2/c1-2-5(10)11-4-3-6(7,8)9/h2H,1,3-4H2. The predicted molar refractivity (Wildman–Crippen MR) is 55.3 cm³/mol. The molecule has 0 unspecified atom stereocenters. The first-order chi connectivity index (χ1) is 4.95. The number of esters is 1. The Morgan fingerprint density at radius 3 is 2.45 bits per heavy atom. The summed E-state index contributed by atoms with van der Waals surface area (Å²) in [5, 5.41) is 0. The van der Waals surface area contributed by atoms with Crippen molar-refractivity contribution in [1.29, 1.82) is 0 Å². The van der Waals surface area contributed by atoms with Crippen LogP contribution < -0.4 is 0 Å². The highest BCUT2D eigenvalue weighted by Crippen LogP contribution is 2.36. The fraction of sp³-hybridized carbons (Fsp3) is 0.500. The third-order valence-electron chi connectivity index (χ3n) is 0.797. The van der Waals surface area contributed by atoms with Crippen LogP contribution in [0.3, 0.4) is 0 Å². The molecule has 0 saturated carbocycles. The van der Waals surface area contributed by atoms with Crippen LogP contribution >= 0.6 is 47.8 Å². The molecule has 0 atom stereocenters. The van der Waals surface area contributed by atoms with Crippen LogP contribution in [0.15, 0.2) is 12.7 Å². The maximum absolute atomic E-state index is 10.5. The molecule has 0 aromatic carbocycles. The fourth-order valence-corrected chi connectivity index (χ4v) is 0.812. The Kier molecular flexibility index (Phi) is 5.64. The molecule has 0 amide bonds. The van der Waals surface area contributed by atoms with Gasteiger partial charge in [0.25, 0.3) is 0 Å². The third-order valence-corrected chi connectivity index (χ3v) is 1.99. The molecular weight excluding hydrogens is 344 g/mol. The molecule has 0 aromatic heterocycles. The normalized spacial score (nSPS) is 10.8. The van der Waals surface area contributed by atoms with Gasteiger partial charge in [-0.1, -0.05) is 54.4 Å². The van der Waals surface area contributed by atoms with Gasteiger partial charge in [-0.05, 0) is 0 Å². The highest BCUT2D eigenvalue weighted by Gasteiger charge is 2.17. The molecule has 0 rings (SSSR count). The summed E-state index contributed by atoms with van der Waals surface area (Å²) < 4.78 is 4.38. The summed E-state index contributed by atoms with van der Waals surface area (Å²) in [6.07, 6.45) is 1.77. The number of carbonyl (C=O) groups excluding carboxylic acids is 1. The van der Waals surface area contributed by atoms with Gasteiger partial charge >= 0.3 is 5.97 Å². The molecule has 0 radical (unpaired) electrons. The Balaban J connectivity index is 3.42. The minimum absolute atomic E-state index is 0.339. The number of hydrogen-bond donors (Lipinski definition) is 0. The van der Waals surface area contributed by atoms with E-state index in [-0.39, 0.29) is 2.14 Å². The van der Waals surface area contributed by atoms with Gasteiger partial charge in [-0.2, -0.15) is 0 Å². The monoisotopic (exact) mass is 348 g/mol. The van der Waals surface area contributed by atoms with E-state index < -0.39 is 5.97 Å². The molecule has 0 aliphatic rings. The molecule has 64 valence electrons. The van der Waals surface area contributed by atoms with Crippen molar-refractivity contribution in [2.75, 3.05) is 6.61 Å². The first-order valence-electron chi connectivity index (χ1n) is 2.81. The highest BCUT2D eigenvalue weighted by atomic mass is 80.0. The van der Waals surface area contributed by atoms with E-state index in [1.165, 1.54) is 0 Å². The zero-order valence-corrected chi connectivity index (χ0v) is 10.4. The number of rotatable bonds is 3. The van der Waals surface area contributed by atoms with Gasteiger partial charge in [0.1, 0.15) is 2.14 Å². The molecule has 0 spiro atoms. The van der Waals surface area contributed by atoms with Gasteiger partial charge in [0.15, 0.2) is 0 Å². The minimum Gasteiger partial charge on any atom is -0.462 e. The number of carbonyl (C=O) groups is 1. The fourth-order valence-electron chi connectivity index (χ4n) is 0.326. The van der Waals surface area contributed by atoms with Crippen LogP contribution in [0.1, 0.15) is 6.42 Å². The van der Waals surface area contributed by atoms with Crippen molar-refractivity contribution < 1.29 is 9.53 Å². The van der Waals surface area contributed by atoms with E-state index in [4.69, 9.17) is 4.74 Å². The van der Waals surface area contributed by atoms with Gasteiger partial charge in [-0.15, -0.1) is 0 Å². The highest BCUT2D eigenvalue weighted by molar-refractivity contribution is 9.39. The second-order valence-electron chi connectivity index (χ2n) is 1.74. The van der Waals surface area contributed by atoms with E-state index in [0.29, 0.717) is 13.0 Å². The molecule has 0 bridgehead atoms. The van der Waals surface area contributed by atoms with Crippen molar-refractivity contribution in [2.24, 2.45) is 0 Å². The molecule has 0 saturated heterocycles. The first kappa shape index (κ1) is 11.6. The van der Waals surface area contributed by atoms with Gasteiger partial charge in [-0.25, -0.2) is 4.79 Å². The van der Waals surface area contributed by atoms with E-state index >= 15 is 0 Å². The summed E-state index contributed by atoms with van der Waals surface area (Å²) in [5.74, 6) is -0.401. The van der Waals surface area contributed by atoms with Crippen molar-refractivity contribution in [2.45, 2.75) is 8.56 Å². The lowest BCUT2D eigenvalue weighted by atomic mass is 10.5. The van der Waals surface area contributed by atoms with Crippen LogP contribution in [0.25, 0.3) is 0 Å². The van der Waals surface area contributed by atoms with Crippen molar-refractivity contribution >= 4 is 53.8 Å². The second-order valence-corrected chi connectivity index (χ2v) is 8.99. The van der Waals surface area contributed by atoms with Crippen molar-refractivity contribution in [3.8, 4) is 0 Å². The Labute approximate surface area is 90.8 Å². The molecule has 0 aliphatic heterocycles. The first-order valence-corrected chi connectivity index (χ1v) is 5.19. The maximum Gasteiger partial charge on any atom is 0.330 e. The van der Waals surface area contributed by atoms with Crippen LogP contribution in [0.4, 0.5) is 0 Å². The predicted octanol–water partition coefficient (Wildman–Crippen LogP) is 2.94. The molecule has 5 heteroatoms. The number of hydrogen-bond acceptors (Lipinski definition) is 2. The van der Waals surface area contributed by atoms with E-state index in [1.807, 2.05) is 0 Å². The van der Waals surface area contributed by atoms with Crippen molar-refractivity contribution in [1.82, 2.24) is 0 Å². The molecule has 2 nitrogen and oxygen atoms in total. The topological polar surface area (TPSA) is 26.3 Å². The van der Waals surface area contributed by atoms with E-state index in [2.05, 4.69) is 54.4 Å². The smallest absolute Gasteiger partial charge is 0.330 e. The molecule has 11 heavy (non-hydrogen) atoms. The van der Waals surface area contributed by atoms with Crippen molar-refractivity contribution in [3.63, 3.8) is 0 Å². The third kappa shape index (κ3) is 8.56. The summed E-state index contributed by atoms with van der Waals surface area (Å²) >= 11 is 9.80. The van der Waals surface area contributed by atoms with Gasteiger partial charge in [0, 0.05) is 12.5 Å². The lowest BCUT2D eigenvalue weighted by molar-refractivity contribution is -0.137. The van der Waals surface area contributed by atoms with E-state index in [0.717, 1.165) is 6.08 Å². The van der Waals surface area contributed by atoms with E-state index in [9.17, 15) is 4.79 Å². The zero-order valence-electron chi connectivity index (χ0n) is 5.65. The van der Waals surface area contributed by atoms with Crippen LogP contribution in [-0.4, -0.2) is 14.7 Å². The average Bonchev–Trinajstić information content (AvgIpc) is 1.85. The summed E-state index contributed by atoms with van der Waals surface area (Å²) in [6, 6.07) is 0. The largest absolute Gasteiger partial charge is 0.462 e. The van der Waals surface area contributed by atoms with Crippen LogP contribution in [0, 0.1) is 0 Å². The SMILES string of the molecule is C=CC(=O)OCCC(Br)(Br)Br. The molecule has 0 aromatic rings. The summed E-state index contributed by atoms with van der Waals surface area (Å²) in [4.78, 5) is 10.5. The Morgan fingerprint density at radius 1 is 1.55 bits per heavy atom. The van der Waals surface area contributed by atoms with Gasteiger partial charge in [0.2, 0.25) is 0 Å². The molecule has 0 N–H and O–H groups in total. The molecule has 0 heterocycles. The second kappa shape index (κ2) is 5.32. The van der Waals surface area contributed by atoms with Gasteiger partial charge < -0.3 is 4.74 Å². The molecule has 0 fully saturated rings. The van der Waals surface area contributed by atoms with Gasteiger partial charge in [0.05, 0.1) is 6.61 Å². The summed E-state index contributed by atoms with van der Waals surface area (Å²) in [7, 11) is 0. The van der Waals surface area contributed by atoms with Crippen LogP contribution in [0.2, 0.25) is 0 Å². The van der Waals surface area contributed by atoms with Crippen LogP contribution in [-0.2, 0) is 9.53 Å². The lowest BCUT2D eigenvalue weighted by Crippen LogP contribution is -2.08. The Hall–Kier alpha value is 0.650. The van der Waals surface area contributed by atoms with Gasteiger partial charge in [-0.3, -0.25) is 0 Å². The minimum atomic E-state index is -0.401.